The fourth-order valence-electron chi connectivity index (χ4n) is 3.62. The summed E-state index contributed by atoms with van der Waals surface area (Å²) in [7, 11) is 1.57. The number of aromatic nitrogens is 1. The Bertz CT molecular complexity index is 1440. The molecule has 0 bridgehead atoms. The predicted molar refractivity (Wildman–Crippen MR) is 145 cm³/mol. The van der Waals surface area contributed by atoms with E-state index in [4.69, 9.17) is 38.1 Å². The average Bonchev–Trinajstić information content (AvgIpc) is 2.79. The Hall–Kier alpha value is -3.36. The van der Waals surface area contributed by atoms with Gasteiger partial charge in [0, 0.05) is 25.0 Å². The predicted octanol–water partition coefficient (Wildman–Crippen LogP) is 5.93. The minimum Gasteiger partial charge on any atom is -0.455 e. The fraction of sp³-hybridized carbons (Fsp3) is 0.308. The molecule has 0 spiro atoms. The van der Waals surface area contributed by atoms with Crippen molar-refractivity contribution in [1.82, 2.24) is 4.98 Å². The van der Waals surface area contributed by atoms with E-state index < -0.39 is 23.0 Å². The first-order valence-electron chi connectivity index (χ1n) is 11.1. The molecule has 2 heterocycles. The average molecular weight is 531 g/mol. The lowest BCUT2D eigenvalue weighted by Gasteiger charge is -2.22. The lowest BCUT2D eigenvalue weighted by atomic mass is 10.0. The topological polar surface area (TPSA) is 120 Å². The number of nitrogens with one attached hydrogen (secondary N) is 1. The molecule has 10 heteroatoms. The highest BCUT2D eigenvalue weighted by Crippen LogP contribution is 2.32. The highest BCUT2D eigenvalue weighted by atomic mass is 35.5. The first kappa shape index (κ1) is 27.2. The number of nitrogens with zero attached hydrogens (tertiary/aromatic N) is 2. The number of ether oxygens (including phenoxy) is 1. The van der Waals surface area contributed by atoms with Crippen molar-refractivity contribution in [3.63, 3.8) is 0 Å². The van der Waals surface area contributed by atoms with Crippen molar-refractivity contribution in [1.29, 1.82) is 0 Å². The van der Waals surface area contributed by atoms with Gasteiger partial charge in [0.2, 0.25) is 5.43 Å². The van der Waals surface area contributed by atoms with Gasteiger partial charge >= 0.3 is 5.97 Å². The summed E-state index contributed by atoms with van der Waals surface area (Å²) in [6.07, 6.45) is 2.73. The Morgan fingerprint density at radius 1 is 1.28 bits per heavy atom. The fourth-order valence-corrected chi connectivity index (χ4v) is 4.02. The summed E-state index contributed by atoms with van der Waals surface area (Å²) in [5.74, 6) is -0.506. The van der Waals surface area contributed by atoms with Crippen LogP contribution >= 0.6 is 23.2 Å². The number of hydrogen-bond acceptors (Lipinski definition) is 8. The van der Waals surface area contributed by atoms with E-state index in [0.29, 0.717) is 27.8 Å². The van der Waals surface area contributed by atoms with Gasteiger partial charge in [0.25, 0.3) is 0 Å². The molecular weight excluding hydrogens is 503 g/mol. The Kier molecular flexibility index (Phi) is 8.11. The number of benzene rings is 1. The third-order valence-electron chi connectivity index (χ3n) is 5.11. The zero-order chi connectivity index (χ0) is 26.8. The van der Waals surface area contributed by atoms with Crippen LogP contribution in [0, 0.1) is 6.92 Å². The van der Waals surface area contributed by atoms with Crippen molar-refractivity contribution >= 4 is 57.6 Å². The molecule has 0 aliphatic carbocycles. The first-order valence-corrected chi connectivity index (χ1v) is 11.9. The van der Waals surface area contributed by atoms with Gasteiger partial charge in [-0.15, -0.1) is 0 Å². The van der Waals surface area contributed by atoms with Crippen LogP contribution in [0.5, 0.6) is 0 Å². The van der Waals surface area contributed by atoms with E-state index in [1.54, 1.807) is 46.0 Å². The molecule has 3 aromatic rings. The Morgan fingerprint density at radius 3 is 2.58 bits per heavy atom. The molecule has 0 fully saturated rings. The van der Waals surface area contributed by atoms with Crippen LogP contribution in [0.15, 0.2) is 44.7 Å². The second-order valence-electron chi connectivity index (χ2n) is 9.21. The monoisotopic (exact) mass is 530 g/mol. The molecule has 0 radical (unpaired) electrons. The van der Waals surface area contributed by atoms with Gasteiger partial charge in [0.15, 0.2) is 11.5 Å². The molecular formula is C26H28Cl2N4O4. The van der Waals surface area contributed by atoms with Gasteiger partial charge in [-0.3, -0.25) is 9.79 Å². The number of carbonyl (C=O) groups excluding carboxylic acids is 1. The van der Waals surface area contributed by atoms with Crippen molar-refractivity contribution in [2.45, 2.75) is 46.3 Å². The maximum absolute atomic E-state index is 13.2. The maximum Gasteiger partial charge on any atom is 0.359 e. The van der Waals surface area contributed by atoms with Crippen molar-refractivity contribution in [3.8, 4) is 0 Å². The van der Waals surface area contributed by atoms with Gasteiger partial charge in [0.1, 0.15) is 21.4 Å². The van der Waals surface area contributed by atoms with E-state index in [1.165, 1.54) is 12.4 Å². The number of carbonyl (C=O) groups is 1. The maximum atomic E-state index is 13.2. The SMILES string of the molecule is CN=C/C(=C\N)c1oc2c(C(C)Nc3ccc(Cl)nc3C(=O)OC(C)(C)C)cc(C)cc2c(=O)c1Cl. The smallest absolute Gasteiger partial charge is 0.359 e. The summed E-state index contributed by atoms with van der Waals surface area (Å²) in [5, 5.41) is 3.66. The molecule has 0 aliphatic rings. The standard InChI is InChI=1S/C26H28Cl2N4O4/c1-13-9-16(24-17(10-13)22(33)20(28)23(35-24)15(11-29)12-30-6)14(2)31-18-7-8-19(27)32-21(18)25(34)36-26(3,4)5/h7-12,14,31H,29H2,1-6H3/b15-11+,30-12?. The first-order chi connectivity index (χ1) is 16.9. The van der Waals surface area contributed by atoms with E-state index >= 15 is 0 Å². The quantitative estimate of drug-likeness (QED) is 0.230. The van der Waals surface area contributed by atoms with Crippen LogP contribution in [0.2, 0.25) is 10.2 Å². The Labute approximate surface area is 219 Å². The van der Waals surface area contributed by atoms with Crippen LogP contribution in [0.4, 0.5) is 5.69 Å². The molecule has 1 atom stereocenters. The van der Waals surface area contributed by atoms with E-state index in [9.17, 15) is 9.59 Å². The van der Waals surface area contributed by atoms with Gasteiger partial charge in [0.05, 0.1) is 22.7 Å². The number of fused-ring (bicyclic) bond motifs is 1. The number of anilines is 1. The molecule has 36 heavy (non-hydrogen) atoms. The van der Waals surface area contributed by atoms with Crippen LogP contribution in [0.1, 0.15) is 61.1 Å². The summed E-state index contributed by atoms with van der Waals surface area (Å²) in [5.41, 5.74) is 7.25. The molecule has 3 N–H and O–H groups in total. The van der Waals surface area contributed by atoms with E-state index in [2.05, 4.69) is 15.3 Å². The molecule has 0 aliphatic heterocycles. The van der Waals surface area contributed by atoms with Crippen LogP contribution in [0.25, 0.3) is 16.5 Å². The molecule has 1 aromatic carbocycles. The van der Waals surface area contributed by atoms with Gasteiger partial charge in [-0.1, -0.05) is 29.3 Å². The minimum atomic E-state index is -0.716. The molecule has 8 nitrogen and oxygen atoms in total. The van der Waals surface area contributed by atoms with Gasteiger partial charge in [-0.2, -0.15) is 0 Å². The minimum absolute atomic E-state index is 0.0407. The van der Waals surface area contributed by atoms with E-state index in [1.807, 2.05) is 19.9 Å². The molecule has 0 saturated carbocycles. The number of hydrogen-bond donors (Lipinski definition) is 2. The van der Waals surface area contributed by atoms with Gasteiger partial charge < -0.3 is 20.2 Å². The number of pyridine rings is 1. The third-order valence-corrected chi connectivity index (χ3v) is 5.67. The molecule has 3 rings (SSSR count). The largest absolute Gasteiger partial charge is 0.455 e. The van der Waals surface area contributed by atoms with Crippen LogP contribution in [0.3, 0.4) is 0 Å². The number of esters is 1. The number of allylic oxidation sites excluding steroid dienone is 1. The van der Waals surface area contributed by atoms with E-state index in [0.717, 1.165) is 5.56 Å². The Balaban J connectivity index is 2.16. The molecule has 0 saturated heterocycles. The van der Waals surface area contributed by atoms with Crippen molar-refractivity contribution in [3.05, 3.63) is 73.4 Å². The number of aryl methyl sites for hydroxylation is 1. The number of aliphatic imine (C=N–C) groups is 1. The van der Waals surface area contributed by atoms with E-state index in [-0.39, 0.29) is 21.6 Å². The Morgan fingerprint density at radius 2 is 1.97 bits per heavy atom. The normalized spacial score (nSPS) is 13.3. The summed E-state index contributed by atoms with van der Waals surface area (Å²) >= 11 is 12.4. The lowest BCUT2D eigenvalue weighted by molar-refractivity contribution is 0.00640. The number of rotatable bonds is 6. The zero-order valence-electron chi connectivity index (χ0n) is 20.9. The van der Waals surface area contributed by atoms with Crippen molar-refractivity contribution in [2.75, 3.05) is 12.4 Å². The van der Waals surface area contributed by atoms with Gasteiger partial charge in [-0.05, 0) is 58.4 Å². The zero-order valence-corrected chi connectivity index (χ0v) is 22.4. The highest BCUT2D eigenvalue weighted by Gasteiger charge is 2.25. The number of halogens is 2. The van der Waals surface area contributed by atoms with Gasteiger partial charge in [-0.25, -0.2) is 9.78 Å². The molecule has 190 valence electrons. The summed E-state index contributed by atoms with van der Waals surface area (Å²) in [4.78, 5) is 34.1. The third kappa shape index (κ3) is 5.88. The number of nitrogens with two attached hydrogens (primary N) is 1. The molecule has 1 unspecified atom stereocenters. The van der Waals surface area contributed by atoms with Crippen LogP contribution < -0.4 is 16.5 Å². The van der Waals surface area contributed by atoms with Crippen LogP contribution in [-0.4, -0.2) is 29.8 Å². The molecule has 0 amide bonds. The van der Waals surface area contributed by atoms with Crippen molar-refractivity contribution < 1.29 is 13.9 Å². The van der Waals surface area contributed by atoms with Crippen molar-refractivity contribution in [2.24, 2.45) is 10.7 Å². The lowest BCUT2D eigenvalue weighted by Crippen LogP contribution is -2.25. The molecule has 2 aromatic heterocycles. The highest BCUT2D eigenvalue weighted by molar-refractivity contribution is 6.34. The second-order valence-corrected chi connectivity index (χ2v) is 9.98. The van der Waals surface area contributed by atoms with Crippen LogP contribution in [-0.2, 0) is 4.74 Å². The summed E-state index contributed by atoms with van der Waals surface area (Å²) in [6.45, 7) is 9.03. The summed E-state index contributed by atoms with van der Waals surface area (Å²) in [6, 6.07) is 6.38. The summed E-state index contributed by atoms with van der Waals surface area (Å²) < 4.78 is 11.6. The second kappa shape index (κ2) is 10.7.